The molecule has 2 fully saturated rings. The molecule has 2 saturated heterocycles. The molecule has 2 N–H and O–H groups in total. The van der Waals surface area contributed by atoms with Gasteiger partial charge < -0.3 is 23.7 Å². The summed E-state index contributed by atoms with van der Waals surface area (Å²) in [7, 11) is 0. The summed E-state index contributed by atoms with van der Waals surface area (Å²) in [4.78, 5) is 47.5. The van der Waals surface area contributed by atoms with E-state index >= 15 is 0 Å². The predicted octanol–water partition coefficient (Wildman–Crippen LogP) is 4.55. The Morgan fingerprint density at radius 3 is 1.56 bits per heavy atom. The van der Waals surface area contributed by atoms with E-state index in [1.165, 1.54) is 12.1 Å². The normalized spacial score (nSPS) is 24.1. The van der Waals surface area contributed by atoms with Crippen molar-refractivity contribution in [1.82, 2.24) is 10.6 Å². The first kappa shape index (κ1) is 34.1. The molecular formula is C28H32Cl2N4O11. The molecule has 45 heavy (non-hydrogen) atoms. The number of halogens is 2. The summed E-state index contributed by atoms with van der Waals surface area (Å²) in [5, 5.41) is 28.6. The van der Waals surface area contributed by atoms with E-state index < -0.39 is 45.3 Å². The van der Waals surface area contributed by atoms with Crippen molar-refractivity contribution in [3.8, 4) is 0 Å². The van der Waals surface area contributed by atoms with Crippen LogP contribution >= 0.6 is 23.2 Å². The number of carbonyl (C=O) groups excluding carboxylic acids is 2. The van der Waals surface area contributed by atoms with Crippen LogP contribution < -0.4 is 10.6 Å². The number of para-hydroxylation sites is 2. The first-order chi connectivity index (χ1) is 21.6. The van der Waals surface area contributed by atoms with Gasteiger partial charge in [-0.05, 0) is 0 Å². The molecule has 2 amide bonds. The molecular weight excluding hydrogens is 639 g/mol. The van der Waals surface area contributed by atoms with Gasteiger partial charge >= 0.3 is 12.2 Å². The minimum atomic E-state index is -1.48. The highest BCUT2D eigenvalue weighted by Crippen LogP contribution is 2.41. The van der Waals surface area contributed by atoms with E-state index in [4.69, 9.17) is 46.9 Å². The smallest absolute Gasteiger partial charge is 0.409 e. The van der Waals surface area contributed by atoms with Crippen LogP contribution in [0.25, 0.3) is 0 Å². The SMILES string of the molecule is O=C(NC1(COCC2(NC(=O)OCCCl)CC(c3ccccc3[N+](=O)[O-])CO2)CC(c2ccccc2[N+](=O)[O-])CO1)OCCCl. The van der Waals surface area contributed by atoms with Gasteiger partial charge in [0, 0.05) is 47.9 Å². The number of rotatable bonds is 14. The average molecular weight is 671 g/mol. The number of hydrogen-bond acceptors (Lipinski definition) is 11. The zero-order valence-electron chi connectivity index (χ0n) is 24.0. The highest BCUT2D eigenvalue weighted by molar-refractivity contribution is 6.18. The van der Waals surface area contributed by atoms with Gasteiger partial charge in [0.15, 0.2) is 11.4 Å². The molecule has 4 atom stereocenters. The Bertz CT molecular complexity index is 1280. The van der Waals surface area contributed by atoms with Crippen molar-refractivity contribution < 1.29 is 43.1 Å². The van der Waals surface area contributed by atoms with Crippen molar-refractivity contribution in [2.45, 2.75) is 36.1 Å². The monoisotopic (exact) mass is 670 g/mol. The van der Waals surface area contributed by atoms with Crippen molar-refractivity contribution in [3.63, 3.8) is 0 Å². The Morgan fingerprint density at radius 1 is 0.778 bits per heavy atom. The molecule has 0 spiro atoms. The summed E-state index contributed by atoms with van der Waals surface area (Å²) in [5.74, 6) is -0.843. The van der Waals surface area contributed by atoms with Crippen LogP contribution in [0.4, 0.5) is 21.0 Å². The van der Waals surface area contributed by atoms with Crippen LogP contribution in [0.2, 0.25) is 0 Å². The summed E-state index contributed by atoms with van der Waals surface area (Å²) in [6.45, 7) is -0.658. The molecule has 0 aromatic heterocycles. The minimum absolute atomic E-state index is 0.0222. The fraction of sp³-hybridized carbons (Fsp3) is 0.500. The van der Waals surface area contributed by atoms with Gasteiger partial charge in [0.1, 0.15) is 13.2 Å². The number of nitro groups is 2. The lowest BCUT2D eigenvalue weighted by Crippen LogP contribution is -2.55. The minimum Gasteiger partial charge on any atom is -0.448 e. The van der Waals surface area contributed by atoms with Crippen LogP contribution in [0, 0.1) is 20.2 Å². The Labute approximate surface area is 267 Å². The molecule has 17 heteroatoms. The number of ether oxygens (including phenoxy) is 5. The largest absolute Gasteiger partial charge is 0.448 e. The summed E-state index contributed by atoms with van der Waals surface area (Å²) in [6, 6.07) is 12.5. The van der Waals surface area contributed by atoms with Gasteiger partial charge in [-0.3, -0.25) is 30.9 Å². The second-order valence-electron chi connectivity index (χ2n) is 10.4. The molecule has 0 aliphatic carbocycles. The number of alkyl carbamates (subject to hydrolysis) is 2. The molecule has 244 valence electrons. The average Bonchev–Trinajstić information content (AvgIpc) is 3.63. The first-order valence-electron chi connectivity index (χ1n) is 13.9. The number of alkyl halides is 2. The van der Waals surface area contributed by atoms with Crippen LogP contribution in [0.15, 0.2) is 48.5 Å². The third-order valence-electron chi connectivity index (χ3n) is 7.37. The maximum absolute atomic E-state index is 12.6. The van der Waals surface area contributed by atoms with Crippen LogP contribution in [0.3, 0.4) is 0 Å². The lowest BCUT2D eigenvalue weighted by Gasteiger charge is -2.33. The number of nitro benzene ring substituents is 2. The fourth-order valence-corrected chi connectivity index (χ4v) is 5.64. The third-order valence-corrected chi connectivity index (χ3v) is 7.68. The lowest BCUT2D eigenvalue weighted by atomic mass is 9.92. The molecule has 4 unspecified atom stereocenters. The van der Waals surface area contributed by atoms with Gasteiger partial charge in [-0.15, -0.1) is 23.2 Å². The van der Waals surface area contributed by atoms with Crippen molar-refractivity contribution in [3.05, 3.63) is 79.9 Å². The number of amides is 2. The molecule has 2 aromatic carbocycles. The second-order valence-corrected chi connectivity index (χ2v) is 11.2. The van der Waals surface area contributed by atoms with Crippen molar-refractivity contribution in [1.29, 1.82) is 0 Å². The maximum atomic E-state index is 12.6. The van der Waals surface area contributed by atoms with Crippen LogP contribution in [-0.2, 0) is 23.7 Å². The van der Waals surface area contributed by atoms with E-state index in [0.29, 0.717) is 11.1 Å². The summed E-state index contributed by atoms with van der Waals surface area (Å²) >= 11 is 11.3. The molecule has 15 nitrogen and oxygen atoms in total. The van der Waals surface area contributed by atoms with E-state index in [1.807, 2.05) is 0 Å². The van der Waals surface area contributed by atoms with Crippen molar-refractivity contribution >= 4 is 46.8 Å². The molecule has 0 saturated carbocycles. The second kappa shape index (κ2) is 15.5. The standard InChI is InChI=1S/C28H32Cl2N4O11/c29-9-11-42-25(35)31-27(13-19(15-44-27)21-5-1-3-7-23(21)33(37)38)17-41-18-28(32-26(36)43-12-10-30)14-20(16-45-28)22-6-2-4-8-24(22)34(39)40/h1-8,19-20H,9-18H2,(H,31,35)(H,32,36). The molecule has 0 bridgehead atoms. The zero-order chi connectivity index (χ0) is 32.5. The molecule has 2 heterocycles. The molecule has 2 aliphatic heterocycles. The van der Waals surface area contributed by atoms with Crippen molar-refractivity contribution in [2.24, 2.45) is 0 Å². The van der Waals surface area contributed by atoms with E-state index in [-0.39, 0.29) is 75.6 Å². The van der Waals surface area contributed by atoms with E-state index in [1.54, 1.807) is 36.4 Å². The molecule has 4 rings (SSSR count). The number of hydrogen-bond donors (Lipinski definition) is 2. The highest BCUT2D eigenvalue weighted by Gasteiger charge is 2.48. The number of nitrogens with one attached hydrogen (secondary N) is 2. The number of benzene rings is 2. The fourth-order valence-electron chi connectivity index (χ4n) is 5.48. The van der Waals surface area contributed by atoms with Gasteiger partial charge in [-0.25, -0.2) is 9.59 Å². The van der Waals surface area contributed by atoms with Crippen molar-refractivity contribution in [2.75, 3.05) is 51.4 Å². The first-order valence-corrected chi connectivity index (χ1v) is 15.0. The van der Waals surface area contributed by atoms with Gasteiger partial charge in [0.05, 0.1) is 48.0 Å². The number of nitrogens with zero attached hydrogens (tertiary/aromatic N) is 2. The van der Waals surface area contributed by atoms with Crippen LogP contribution in [-0.4, -0.2) is 84.9 Å². The van der Waals surface area contributed by atoms with E-state index in [0.717, 1.165) is 0 Å². The van der Waals surface area contributed by atoms with Crippen LogP contribution in [0.1, 0.15) is 35.8 Å². The summed E-state index contributed by atoms with van der Waals surface area (Å²) < 4.78 is 28.2. The van der Waals surface area contributed by atoms with Gasteiger partial charge in [-0.1, -0.05) is 36.4 Å². The van der Waals surface area contributed by atoms with Crippen LogP contribution in [0.5, 0.6) is 0 Å². The third kappa shape index (κ3) is 8.70. The Kier molecular flexibility index (Phi) is 11.7. The summed E-state index contributed by atoms with van der Waals surface area (Å²) in [6.07, 6.45) is -1.50. The number of carbonyl (C=O) groups is 2. The lowest BCUT2D eigenvalue weighted by molar-refractivity contribution is -0.385. The summed E-state index contributed by atoms with van der Waals surface area (Å²) in [5.41, 5.74) is -2.29. The zero-order valence-corrected chi connectivity index (χ0v) is 25.5. The maximum Gasteiger partial charge on any atom is 0.409 e. The van der Waals surface area contributed by atoms with Gasteiger partial charge in [0.25, 0.3) is 11.4 Å². The van der Waals surface area contributed by atoms with Gasteiger partial charge in [0.2, 0.25) is 0 Å². The highest BCUT2D eigenvalue weighted by atomic mass is 35.5. The molecule has 0 radical (unpaired) electrons. The Morgan fingerprint density at radius 2 is 1.18 bits per heavy atom. The van der Waals surface area contributed by atoms with E-state index in [9.17, 15) is 29.8 Å². The topological polar surface area (TPSA) is 191 Å². The quantitative estimate of drug-likeness (QED) is 0.163. The van der Waals surface area contributed by atoms with E-state index in [2.05, 4.69) is 10.6 Å². The predicted molar refractivity (Wildman–Crippen MR) is 160 cm³/mol. The Balaban J connectivity index is 1.54. The molecule has 2 aromatic rings. The molecule has 2 aliphatic rings. The Hall–Kier alpha value is -3.76. The van der Waals surface area contributed by atoms with Gasteiger partial charge in [-0.2, -0.15) is 0 Å².